The van der Waals surface area contributed by atoms with Crippen molar-refractivity contribution < 1.29 is 4.39 Å². The van der Waals surface area contributed by atoms with Crippen molar-refractivity contribution in [3.05, 3.63) is 81.1 Å². The molecular weight excluding hydrogens is 468 g/mol. The predicted octanol–water partition coefficient (Wildman–Crippen LogP) is 5.06. The van der Waals surface area contributed by atoms with Gasteiger partial charge in [-0.1, -0.05) is 42.3 Å². The summed E-state index contributed by atoms with van der Waals surface area (Å²) in [6.45, 7) is 1.92. The van der Waals surface area contributed by atoms with Crippen LogP contribution in [0.25, 0.3) is 27.8 Å². The highest BCUT2D eigenvalue weighted by molar-refractivity contribution is 6.37. The highest BCUT2D eigenvalue weighted by Gasteiger charge is 2.25. The Morgan fingerprint density at radius 3 is 2.64 bits per heavy atom. The molecule has 0 fully saturated rings. The maximum atomic E-state index is 14.7. The molecular formula is C22H16Cl2FN7O. The topological polar surface area (TPSA) is 101 Å². The number of imidazole rings is 1. The number of anilines is 1. The molecule has 0 radical (unpaired) electrons. The Labute approximate surface area is 196 Å². The van der Waals surface area contributed by atoms with Crippen LogP contribution in [0.3, 0.4) is 0 Å². The van der Waals surface area contributed by atoms with E-state index < -0.39 is 17.4 Å². The van der Waals surface area contributed by atoms with Gasteiger partial charge < -0.3 is 10.3 Å². The monoisotopic (exact) mass is 483 g/mol. The molecule has 0 saturated carbocycles. The van der Waals surface area contributed by atoms with E-state index in [-0.39, 0.29) is 26.6 Å². The third kappa shape index (κ3) is 3.59. The summed E-state index contributed by atoms with van der Waals surface area (Å²) in [6, 6.07) is 8.68. The second-order valence-corrected chi connectivity index (χ2v) is 8.06. The average Bonchev–Trinajstić information content (AvgIpc) is 3.28. The molecule has 5 aromatic rings. The van der Waals surface area contributed by atoms with Crippen LogP contribution in [0.5, 0.6) is 0 Å². The van der Waals surface area contributed by atoms with E-state index in [1.807, 2.05) is 6.92 Å². The number of aromatic nitrogens is 6. The van der Waals surface area contributed by atoms with Gasteiger partial charge in [-0.3, -0.25) is 9.36 Å². The van der Waals surface area contributed by atoms with Gasteiger partial charge in [-0.25, -0.2) is 24.3 Å². The number of hydrogen-bond donors (Lipinski definition) is 2. The van der Waals surface area contributed by atoms with E-state index in [0.29, 0.717) is 29.2 Å². The van der Waals surface area contributed by atoms with Gasteiger partial charge in [0.15, 0.2) is 11.5 Å². The van der Waals surface area contributed by atoms with Crippen molar-refractivity contribution in [1.29, 1.82) is 0 Å². The third-order valence-electron chi connectivity index (χ3n) is 5.29. The zero-order valence-corrected chi connectivity index (χ0v) is 18.7. The first-order valence-corrected chi connectivity index (χ1v) is 10.8. The number of H-pyrrole nitrogens is 1. The molecule has 8 nitrogen and oxygen atoms in total. The number of rotatable bonds is 5. The van der Waals surface area contributed by atoms with Crippen molar-refractivity contribution in [3.8, 4) is 5.69 Å². The number of fused-ring (bicyclic) bond motifs is 2. The number of aromatic amines is 1. The Hall–Kier alpha value is -3.56. The summed E-state index contributed by atoms with van der Waals surface area (Å²) in [4.78, 5) is 33.9. The van der Waals surface area contributed by atoms with E-state index in [1.54, 1.807) is 24.3 Å². The van der Waals surface area contributed by atoms with Crippen molar-refractivity contribution in [2.45, 2.75) is 19.4 Å². The predicted molar refractivity (Wildman–Crippen MR) is 126 cm³/mol. The summed E-state index contributed by atoms with van der Waals surface area (Å²) < 4.78 is 15.9. The number of halogens is 3. The molecule has 3 heterocycles. The molecule has 5 rings (SSSR count). The molecule has 0 bridgehead atoms. The normalized spacial score (nSPS) is 12.4. The highest BCUT2D eigenvalue weighted by Crippen LogP contribution is 2.32. The van der Waals surface area contributed by atoms with Crippen molar-refractivity contribution in [3.63, 3.8) is 0 Å². The standard InChI is InChI=1S/C22H16Cl2FN7O/c1-2-14(30-20-17-19(27-9-26-17)28-10-29-20)21-31-15-8-4-7-13(25)16(15)22(33)32(21)18-11(23)5-3-6-12(18)24/h3-10,14H,2H2,1H3,(H2,26,27,28,29,30)/t14-/m1/s1. The third-order valence-corrected chi connectivity index (χ3v) is 5.90. The molecule has 0 unspecified atom stereocenters. The van der Waals surface area contributed by atoms with E-state index in [1.165, 1.54) is 29.4 Å². The van der Waals surface area contributed by atoms with E-state index >= 15 is 0 Å². The minimum absolute atomic E-state index is 0.148. The summed E-state index contributed by atoms with van der Waals surface area (Å²) >= 11 is 12.9. The molecule has 2 aromatic carbocycles. The molecule has 0 aliphatic heterocycles. The van der Waals surface area contributed by atoms with Gasteiger partial charge in [-0.2, -0.15) is 0 Å². The summed E-state index contributed by atoms with van der Waals surface area (Å²) in [7, 11) is 0. The van der Waals surface area contributed by atoms with Crippen LogP contribution >= 0.6 is 23.2 Å². The Balaban J connectivity index is 1.79. The molecule has 11 heteroatoms. The van der Waals surface area contributed by atoms with Gasteiger partial charge in [0.25, 0.3) is 5.56 Å². The summed E-state index contributed by atoms with van der Waals surface area (Å²) in [6.07, 6.45) is 3.41. The number of nitrogens with zero attached hydrogens (tertiary/aromatic N) is 5. The van der Waals surface area contributed by atoms with Crippen LogP contribution < -0.4 is 10.9 Å². The van der Waals surface area contributed by atoms with Gasteiger partial charge in [-0.15, -0.1) is 0 Å². The first kappa shape index (κ1) is 21.3. The Morgan fingerprint density at radius 1 is 1.12 bits per heavy atom. The van der Waals surface area contributed by atoms with Gasteiger partial charge in [-0.05, 0) is 30.7 Å². The Morgan fingerprint density at radius 2 is 1.88 bits per heavy atom. The molecule has 0 amide bonds. The van der Waals surface area contributed by atoms with E-state index in [2.05, 4.69) is 30.2 Å². The molecule has 0 spiro atoms. The SMILES string of the molecule is CC[C@@H](Nc1ncnc2nc[nH]c12)c1nc2cccc(F)c2c(=O)n1-c1c(Cl)cccc1Cl. The summed E-state index contributed by atoms with van der Waals surface area (Å²) in [5.41, 5.74) is 0.935. The fourth-order valence-corrected chi connectivity index (χ4v) is 4.31. The number of hydrogen-bond acceptors (Lipinski definition) is 6. The first-order chi connectivity index (χ1) is 16.0. The molecule has 33 heavy (non-hydrogen) atoms. The van der Waals surface area contributed by atoms with Crippen LogP contribution in [0.4, 0.5) is 10.2 Å². The van der Waals surface area contributed by atoms with Crippen molar-refractivity contribution in [1.82, 2.24) is 29.5 Å². The van der Waals surface area contributed by atoms with Crippen molar-refractivity contribution in [2.24, 2.45) is 0 Å². The van der Waals surface area contributed by atoms with E-state index in [9.17, 15) is 9.18 Å². The van der Waals surface area contributed by atoms with E-state index in [4.69, 9.17) is 23.2 Å². The lowest BCUT2D eigenvalue weighted by atomic mass is 10.1. The number of nitrogens with one attached hydrogen (secondary N) is 2. The molecule has 1 atom stereocenters. The first-order valence-electron chi connectivity index (χ1n) is 10.1. The second kappa shape index (κ2) is 8.42. The highest BCUT2D eigenvalue weighted by atomic mass is 35.5. The summed E-state index contributed by atoms with van der Waals surface area (Å²) in [5.74, 6) is 0.112. The number of para-hydroxylation sites is 1. The Bertz CT molecular complexity index is 1550. The lowest BCUT2D eigenvalue weighted by Gasteiger charge is -2.23. The second-order valence-electron chi connectivity index (χ2n) is 7.24. The van der Waals surface area contributed by atoms with Gasteiger partial charge >= 0.3 is 0 Å². The lowest BCUT2D eigenvalue weighted by molar-refractivity contribution is 0.630. The van der Waals surface area contributed by atoms with Gasteiger partial charge in [0.1, 0.15) is 28.9 Å². The van der Waals surface area contributed by atoms with Crippen LogP contribution in [0.1, 0.15) is 25.2 Å². The average molecular weight is 484 g/mol. The fourth-order valence-electron chi connectivity index (χ4n) is 3.75. The molecule has 3 aromatic heterocycles. The van der Waals surface area contributed by atoms with Crippen molar-refractivity contribution >= 4 is 51.1 Å². The molecule has 0 aliphatic rings. The smallest absolute Gasteiger partial charge is 0.269 e. The minimum atomic E-state index is -0.676. The van der Waals surface area contributed by atoms with Crippen LogP contribution in [-0.2, 0) is 0 Å². The van der Waals surface area contributed by atoms with Crippen LogP contribution in [-0.4, -0.2) is 29.5 Å². The quantitative estimate of drug-likeness (QED) is 0.362. The fraction of sp³-hybridized carbons (Fsp3) is 0.136. The van der Waals surface area contributed by atoms with Crippen LogP contribution in [0, 0.1) is 5.82 Å². The van der Waals surface area contributed by atoms with Gasteiger partial charge in [0.2, 0.25) is 0 Å². The Kier molecular flexibility index (Phi) is 5.43. The number of benzene rings is 2. The zero-order chi connectivity index (χ0) is 23.1. The van der Waals surface area contributed by atoms with Crippen LogP contribution in [0.15, 0.2) is 53.8 Å². The maximum absolute atomic E-state index is 14.7. The molecule has 166 valence electrons. The summed E-state index contributed by atoms with van der Waals surface area (Å²) in [5, 5.41) is 3.62. The maximum Gasteiger partial charge on any atom is 0.269 e. The van der Waals surface area contributed by atoms with E-state index in [0.717, 1.165) is 0 Å². The zero-order valence-electron chi connectivity index (χ0n) is 17.2. The van der Waals surface area contributed by atoms with Gasteiger partial charge in [0, 0.05) is 0 Å². The lowest BCUT2D eigenvalue weighted by Crippen LogP contribution is -2.29. The van der Waals surface area contributed by atoms with Crippen molar-refractivity contribution in [2.75, 3.05) is 5.32 Å². The van der Waals surface area contributed by atoms with Gasteiger partial charge in [0.05, 0.1) is 33.6 Å². The molecule has 2 N–H and O–H groups in total. The minimum Gasteiger partial charge on any atom is -0.358 e. The van der Waals surface area contributed by atoms with Crippen LogP contribution in [0.2, 0.25) is 10.0 Å². The molecule has 0 aliphatic carbocycles. The molecule has 0 saturated heterocycles. The largest absolute Gasteiger partial charge is 0.358 e.